The molecular weight excluding hydrogens is 236 g/mol. The largest absolute Gasteiger partial charge is 0.456 e. The van der Waals surface area contributed by atoms with Gasteiger partial charge in [0, 0.05) is 11.8 Å². The van der Waals surface area contributed by atoms with E-state index in [9.17, 15) is 4.79 Å². The standard InChI is InChI=1S/C17H22O2/c1-4-15-11-13(2)10-14(3)17(15,19-12-18)16-8-6-5-7-9-16/h5-9,12,14-15H,2,4,10-11H2,1,3H3. The van der Waals surface area contributed by atoms with E-state index in [4.69, 9.17) is 4.74 Å². The van der Waals surface area contributed by atoms with Crippen molar-refractivity contribution < 1.29 is 9.53 Å². The number of hydrogen-bond donors (Lipinski definition) is 0. The van der Waals surface area contributed by atoms with Gasteiger partial charge in [-0.05, 0) is 24.8 Å². The summed E-state index contributed by atoms with van der Waals surface area (Å²) in [4.78, 5) is 11.1. The van der Waals surface area contributed by atoms with E-state index in [1.54, 1.807) is 0 Å². The van der Waals surface area contributed by atoms with Crippen LogP contribution in [-0.2, 0) is 15.1 Å². The number of hydrogen-bond acceptors (Lipinski definition) is 2. The van der Waals surface area contributed by atoms with Gasteiger partial charge in [0.25, 0.3) is 6.47 Å². The Labute approximate surface area is 115 Å². The molecule has 1 fully saturated rings. The molecule has 2 nitrogen and oxygen atoms in total. The summed E-state index contributed by atoms with van der Waals surface area (Å²) in [7, 11) is 0. The second-order valence-corrected chi connectivity index (χ2v) is 5.54. The van der Waals surface area contributed by atoms with E-state index in [0.717, 1.165) is 24.8 Å². The summed E-state index contributed by atoms with van der Waals surface area (Å²) in [6, 6.07) is 10.1. The molecule has 1 aromatic rings. The number of carbonyl (C=O) groups is 1. The lowest BCUT2D eigenvalue weighted by Crippen LogP contribution is -2.46. The Morgan fingerprint density at radius 1 is 1.37 bits per heavy atom. The summed E-state index contributed by atoms with van der Waals surface area (Å²) < 4.78 is 5.70. The van der Waals surface area contributed by atoms with Crippen LogP contribution in [0.2, 0.25) is 0 Å². The number of carbonyl (C=O) groups excluding carboxylic acids is 1. The lowest BCUT2D eigenvalue weighted by atomic mass is 9.63. The van der Waals surface area contributed by atoms with Gasteiger partial charge in [0.05, 0.1) is 0 Å². The van der Waals surface area contributed by atoms with E-state index >= 15 is 0 Å². The van der Waals surface area contributed by atoms with Crippen LogP contribution in [-0.4, -0.2) is 6.47 Å². The molecule has 0 heterocycles. The van der Waals surface area contributed by atoms with Gasteiger partial charge in [0.1, 0.15) is 5.60 Å². The third-order valence-corrected chi connectivity index (χ3v) is 4.43. The average Bonchev–Trinajstić information content (AvgIpc) is 2.42. The topological polar surface area (TPSA) is 26.3 Å². The zero-order valence-corrected chi connectivity index (χ0v) is 11.8. The molecule has 0 radical (unpaired) electrons. The zero-order valence-electron chi connectivity index (χ0n) is 11.8. The molecule has 0 N–H and O–H groups in total. The van der Waals surface area contributed by atoms with Crippen LogP contribution < -0.4 is 0 Å². The molecule has 3 unspecified atom stereocenters. The minimum absolute atomic E-state index is 0.256. The maximum Gasteiger partial charge on any atom is 0.293 e. The monoisotopic (exact) mass is 258 g/mol. The summed E-state index contributed by atoms with van der Waals surface area (Å²) in [5.74, 6) is 0.558. The van der Waals surface area contributed by atoms with Crippen LogP contribution in [0.25, 0.3) is 0 Å². The van der Waals surface area contributed by atoms with E-state index in [2.05, 4.69) is 32.6 Å². The maximum atomic E-state index is 11.1. The van der Waals surface area contributed by atoms with Crippen molar-refractivity contribution in [1.82, 2.24) is 0 Å². The van der Waals surface area contributed by atoms with E-state index in [-0.39, 0.29) is 5.92 Å². The average molecular weight is 258 g/mol. The van der Waals surface area contributed by atoms with Gasteiger partial charge < -0.3 is 4.74 Å². The van der Waals surface area contributed by atoms with Crippen molar-refractivity contribution in [3.63, 3.8) is 0 Å². The molecule has 0 saturated heterocycles. The van der Waals surface area contributed by atoms with Crippen LogP contribution in [0.5, 0.6) is 0 Å². The highest BCUT2D eigenvalue weighted by Gasteiger charge is 2.49. The Morgan fingerprint density at radius 3 is 2.63 bits per heavy atom. The Balaban J connectivity index is 2.52. The lowest BCUT2D eigenvalue weighted by molar-refractivity contribution is -0.165. The Bertz CT molecular complexity index is 452. The van der Waals surface area contributed by atoms with Crippen molar-refractivity contribution in [1.29, 1.82) is 0 Å². The quantitative estimate of drug-likeness (QED) is 0.601. The molecule has 0 aromatic heterocycles. The van der Waals surface area contributed by atoms with Gasteiger partial charge in [-0.15, -0.1) is 0 Å². The maximum absolute atomic E-state index is 11.1. The van der Waals surface area contributed by atoms with E-state index in [1.807, 2.05) is 18.2 Å². The van der Waals surface area contributed by atoms with Gasteiger partial charge in [0.15, 0.2) is 0 Å². The third kappa shape index (κ3) is 2.32. The van der Waals surface area contributed by atoms with Gasteiger partial charge in [-0.2, -0.15) is 0 Å². The highest BCUT2D eigenvalue weighted by molar-refractivity contribution is 5.42. The molecule has 1 aliphatic rings. The molecule has 2 heteroatoms. The van der Waals surface area contributed by atoms with Gasteiger partial charge in [0.2, 0.25) is 0 Å². The molecule has 0 bridgehead atoms. The second-order valence-electron chi connectivity index (χ2n) is 5.54. The fourth-order valence-corrected chi connectivity index (χ4v) is 3.60. The fourth-order valence-electron chi connectivity index (χ4n) is 3.60. The van der Waals surface area contributed by atoms with Crippen LogP contribution in [0.4, 0.5) is 0 Å². The van der Waals surface area contributed by atoms with Crippen molar-refractivity contribution in [2.75, 3.05) is 0 Å². The minimum Gasteiger partial charge on any atom is -0.456 e. The van der Waals surface area contributed by atoms with Crippen molar-refractivity contribution in [3.8, 4) is 0 Å². The molecule has 0 amide bonds. The van der Waals surface area contributed by atoms with E-state index in [0.29, 0.717) is 12.4 Å². The van der Waals surface area contributed by atoms with Gasteiger partial charge in [-0.3, -0.25) is 4.79 Å². The Hall–Kier alpha value is -1.57. The van der Waals surface area contributed by atoms with Crippen molar-refractivity contribution in [2.45, 2.75) is 38.7 Å². The highest BCUT2D eigenvalue weighted by atomic mass is 16.5. The SMILES string of the molecule is C=C1CC(C)C(OC=O)(c2ccccc2)C(CC)C1. The smallest absolute Gasteiger partial charge is 0.293 e. The number of benzene rings is 1. The fraction of sp³-hybridized carbons (Fsp3) is 0.471. The second kappa shape index (κ2) is 5.60. The predicted octanol–water partition coefficient (Wildman–Crippen LogP) is 4.07. The molecule has 102 valence electrons. The first kappa shape index (κ1) is 13.9. The van der Waals surface area contributed by atoms with Crippen molar-refractivity contribution in [3.05, 3.63) is 48.0 Å². The summed E-state index contributed by atoms with van der Waals surface area (Å²) >= 11 is 0. The molecule has 0 spiro atoms. The van der Waals surface area contributed by atoms with Crippen LogP contribution in [0.3, 0.4) is 0 Å². The highest BCUT2D eigenvalue weighted by Crippen LogP contribution is 2.50. The summed E-state index contributed by atoms with van der Waals surface area (Å²) in [6.07, 6.45) is 2.83. The summed E-state index contributed by atoms with van der Waals surface area (Å²) in [6.45, 7) is 9.06. The zero-order chi connectivity index (χ0) is 13.9. The number of ether oxygens (including phenoxy) is 1. The first-order chi connectivity index (χ1) is 9.15. The molecule has 1 saturated carbocycles. The van der Waals surface area contributed by atoms with E-state index in [1.165, 1.54) is 5.57 Å². The number of rotatable bonds is 4. The molecule has 2 rings (SSSR count). The third-order valence-electron chi connectivity index (χ3n) is 4.43. The van der Waals surface area contributed by atoms with Crippen LogP contribution in [0.1, 0.15) is 38.7 Å². The molecule has 1 aliphatic carbocycles. The van der Waals surface area contributed by atoms with Crippen molar-refractivity contribution in [2.24, 2.45) is 11.8 Å². The van der Waals surface area contributed by atoms with Crippen molar-refractivity contribution >= 4 is 6.47 Å². The van der Waals surface area contributed by atoms with Gasteiger partial charge in [-0.1, -0.05) is 56.3 Å². The number of allylic oxidation sites excluding steroid dienone is 1. The van der Waals surface area contributed by atoms with Crippen LogP contribution >= 0.6 is 0 Å². The first-order valence-corrected chi connectivity index (χ1v) is 6.98. The van der Waals surface area contributed by atoms with E-state index < -0.39 is 5.60 Å². The van der Waals surface area contributed by atoms with Gasteiger partial charge in [-0.25, -0.2) is 0 Å². The van der Waals surface area contributed by atoms with Crippen LogP contribution in [0, 0.1) is 11.8 Å². The van der Waals surface area contributed by atoms with Crippen LogP contribution in [0.15, 0.2) is 42.5 Å². The van der Waals surface area contributed by atoms with Gasteiger partial charge >= 0.3 is 0 Å². The predicted molar refractivity (Wildman–Crippen MR) is 76.6 cm³/mol. The molecule has 1 aromatic carbocycles. The minimum atomic E-state index is -0.501. The Morgan fingerprint density at radius 2 is 2.05 bits per heavy atom. The molecule has 0 aliphatic heterocycles. The Kier molecular flexibility index (Phi) is 4.08. The lowest BCUT2D eigenvalue weighted by Gasteiger charge is -2.47. The molecular formula is C17H22O2. The molecule has 3 atom stereocenters. The first-order valence-electron chi connectivity index (χ1n) is 6.98. The summed E-state index contributed by atoms with van der Waals surface area (Å²) in [5, 5.41) is 0. The normalized spacial score (nSPS) is 30.9. The summed E-state index contributed by atoms with van der Waals surface area (Å²) in [5.41, 5.74) is 1.87. The molecule has 19 heavy (non-hydrogen) atoms.